The monoisotopic (exact) mass is 218 g/mol. The zero-order chi connectivity index (χ0) is 11.5. The highest BCUT2D eigenvalue weighted by Crippen LogP contribution is 2.11. The van der Waals surface area contributed by atoms with Crippen LogP contribution in [0.2, 0.25) is 0 Å². The van der Waals surface area contributed by atoms with Crippen molar-refractivity contribution in [2.75, 3.05) is 5.43 Å². The van der Waals surface area contributed by atoms with E-state index in [1.54, 1.807) is 4.68 Å². The van der Waals surface area contributed by atoms with Gasteiger partial charge in [0.2, 0.25) is 0 Å². The van der Waals surface area contributed by atoms with Crippen molar-refractivity contribution in [3.63, 3.8) is 0 Å². The van der Waals surface area contributed by atoms with E-state index < -0.39 is 6.23 Å². The van der Waals surface area contributed by atoms with E-state index in [0.29, 0.717) is 11.6 Å². The van der Waals surface area contributed by atoms with Crippen molar-refractivity contribution in [3.8, 4) is 0 Å². The molecule has 84 valence electrons. The van der Waals surface area contributed by atoms with Crippen molar-refractivity contribution in [2.45, 2.75) is 20.1 Å². The number of hydrogen-bond acceptors (Lipinski definition) is 4. The summed E-state index contributed by atoms with van der Waals surface area (Å²) in [6, 6.07) is 9.38. The van der Waals surface area contributed by atoms with Crippen LogP contribution in [0.3, 0.4) is 0 Å². The van der Waals surface area contributed by atoms with Crippen LogP contribution in [0.5, 0.6) is 0 Å². The van der Waals surface area contributed by atoms with E-state index >= 15 is 0 Å². The van der Waals surface area contributed by atoms with Gasteiger partial charge in [0.15, 0.2) is 6.23 Å². The average molecular weight is 218 g/mol. The molecule has 1 aromatic carbocycles. The zero-order valence-electron chi connectivity index (χ0n) is 9.25. The predicted molar refractivity (Wildman–Crippen MR) is 60.3 cm³/mol. The normalized spacial score (nSPS) is 12.4. The van der Waals surface area contributed by atoms with Crippen molar-refractivity contribution in [3.05, 3.63) is 47.5 Å². The molecule has 5 nitrogen and oxygen atoms in total. The minimum atomic E-state index is -0.769. The molecule has 0 amide bonds. The lowest BCUT2D eigenvalue weighted by Crippen LogP contribution is -2.22. The van der Waals surface area contributed by atoms with Gasteiger partial charge in [0, 0.05) is 5.56 Å². The van der Waals surface area contributed by atoms with Crippen LogP contribution >= 0.6 is 0 Å². The number of nitrogens with zero attached hydrogens (tertiary/aromatic N) is 3. The third-order valence-electron chi connectivity index (χ3n) is 2.35. The maximum atomic E-state index is 9.95. The van der Waals surface area contributed by atoms with Crippen LogP contribution in [-0.2, 0) is 0 Å². The van der Waals surface area contributed by atoms with Crippen LogP contribution in [0.1, 0.15) is 23.4 Å². The number of benzene rings is 1. The van der Waals surface area contributed by atoms with Crippen LogP contribution in [0.15, 0.2) is 30.3 Å². The summed E-state index contributed by atoms with van der Waals surface area (Å²) < 4.78 is 1.66. The van der Waals surface area contributed by atoms with Gasteiger partial charge in [-0.1, -0.05) is 30.3 Å². The first-order chi connectivity index (χ1) is 7.68. The van der Waals surface area contributed by atoms with Crippen molar-refractivity contribution in [1.82, 2.24) is 14.9 Å². The van der Waals surface area contributed by atoms with Gasteiger partial charge in [-0.25, -0.2) is 4.68 Å². The Hall–Kier alpha value is -1.88. The molecule has 5 heteroatoms. The molecule has 16 heavy (non-hydrogen) atoms. The van der Waals surface area contributed by atoms with E-state index in [2.05, 4.69) is 15.6 Å². The number of aryl methyl sites for hydroxylation is 2. The van der Waals surface area contributed by atoms with Crippen molar-refractivity contribution in [1.29, 1.82) is 0 Å². The maximum absolute atomic E-state index is 9.95. The molecule has 1 unspecified atom stereocenters. The second-order valence-corrected chi connectivity index (χ2v) is 3.57. The molecule has 2 aromatic rings. The van der Waals surface area contributed by atoms with Gasteiger partial charge in [-0.3, -0.25) is 5.43 Å². The van der Waals surface area contributed by atoms with Gasteiger partial charge in [0.1, 0.15) is 11.6 Å². The van der Waals surface area contributed by atoms with E-state index in [0.717, 1.165) is 5.56 Å². The van der Waals surface area contributed by atoms with Gasteiger partial charge in [-0.2, -0.15) is 0 Å². The lowest BCUT2D eigenvalue weighted by atomic mass is 10.2. The minimum absolute atomic E-state index is 0.715. The second-order valence-electron chi connectivity index (χ2n) is 3.57. The molecule has 1 atom stereocenters. The van der Waals surface area contributed by atoms with Crippen molar-refractivity contribution < 1.29 is 5.11 Å². The lowest BCUT2D eigenvalue weighted by molar-refractivity contribution is 0.190. The first kappa shape index (κ1) is 10.6. The van der Waals surface area contributed by atoms with E-state index in [9.17, 15) is 5.11 Å². The Labute approximate surface area is 93.7 Å². The molecule has 2 N–H and O–H groups in total. The molecule has 0 radical (unpaired) electrons. The standard InChI is InChI=1S/C11H14N4O/c1-8-12-13-9(2)15(8)14-11(16)10-6-4-3-5-7-10/h3-7,11,14,16H,1-2H3. The number of rotatable bonds is 3. The van der Waals surface area contributed by atoms with Crippen LogP contribution < -0.4 is 5.43 Å². The Morgan fingerprint density at radius 3 is 2.25 bits per heavy atom. The summed E-state index contributed by atoms with van der Waals surface area (Å²) in [6.07, 6.45) is -0.769. The zero-order valence-corrected chi connectivity index (χ0v) is 9.25. The summed E-state index contributed by atoms with van der Waals surface area (Å²) >= 11 is 0. The number of aromatic nitrogens is 3. The Morgan fingerprint density at radius 2 is 1.69 bits per heavy atom. The van der Waals surface area contributed by atoms with Gasteiger partial charge in [0.05, 0.1) is 0 Å². The van der Waals surface area contributed by atoms with Gasteiger partial charge in [0.25, 0.3) is 0 Å². The predicted octanol–water partition coefficient (Wildman–Crippen LogP) is 1.13. The first-order valence-electron chi connectivity index (χ1n) is 5.06. The highest BCUT2D eigenvalue weighted by atomic mass is 16.3. The second kappa shape index (κ2) is 4.32. The number of hydrogen-bond donors (Lipinski definition) is 2. The molecule has 2 rings (SSSR count). The molecule has 0 fully saturated rings. The Balaban J connectivity index is 2.17. The van der Waals surface area contributed by atoms with Crippen molar-refractivity contribution in [2.24, 2.45) is 0 Å². The van der Waals surface area contributed by atoms with Gasteiger partial charge in [-0.15, -0.1) is 10.2 Å². The summed E-state index contributed by atoms with van der Waals surface area (Å²) in [5.41, 5.74) is 3.72. The van der Waals surface area contributed by atoms with Gasteiger partial charge < -0.3 is 5.11 Å². The summed E-state index contributed by atoms with van der Waals surface area (Å²) in [7, 11) is 0. The quantitative estimate of drug-likeness (QED) is 0.758. The van der Waals surface area contributed by atoms with Crippen LogP contribution in [0.4, 0.5) is 0 Å². The van der Waals surface area contributed by atoms with E-state index in [1.807, 2.05) is 44.2 Å². The Bertz CT molecular complexity index is 447. The van der Waals surface area contributed by atoms with E-state index in [-0.39, 0.29) is 0 Å². The van der Waals surface area contributed by atoms with Gasteiger partial charge >= 0.3 is 0 Å². The fourth-order valence-corrected chi connectivity index (χ4v) is 1.49. The molecule has 0 aliphatic carbocycles. The molecular formula is C11H14N4O. The fraction of sp³-hybridized carbons (Fsp3) is 0.273. The SMILES string of the molecule is Cc1nnc(C)n1NC(O)c1ccccc1. The molecule has 0 bridgehead atoms. The van der Waals surface area contributed by atoms with Crippen LogP contribution in [0, 0.1) is 13.8 Å². The summed E-state index contributed by atoms with van der Waals surface area (Å²) in [6.45, 7) is 3.65. The number of nitrogens with one attached hydrogen (secondary N) is 1. The third-order valence-corrected chi connectivity index (χ3v) is 2.35. The van der Waals surface area contributed by atoms with Crippen molar-refractivity contribution >= 4 is 0 Å². The fourth-order valence-electron chi connectivity index (χ4n) is 1.49. The minimum Gasteiger partial charge on any atom is -0.368 e. The Morgan fingerprint density at radius 1 is 1.12 bits per heavy atom. The number of aliphatic hydroxyl groups excluding tert-OH is 1. The molecule has 0 spiro atoms. The molecule has 0 aliphatic rings. The highest BCUT2D eigenvalue weighted by Gasteiger charge is 2.10. The molecule has 1 aromatic heterocycles. The lowest BCUT2D eigenvalue weighted by Gasteiger charge is -2.16. The largest absolute Gasteiger partial charge is 0.368 e. The summed E-state index contributed by atoms with van der Waals surface area (Å²) in [4.78, 5) is 0. The summed E-state index contributed by atoms with van der Waals surface area (Å²) in [5, 5.41) is 17.8. The third kappa shape index (κ3) is 2.04. The molecule has 1 heterocycles. The molecular weight excluding hydrogens is 204 g/mol. The highest BCUT2D eigenvalue weighted by molar-refractivity contribution is 5.19. The van der Waals surface area contributed by atoms with E-state index in [1.165, 1.54) is 0 Å². The average Bonchev–Trinajstić information content (AvgIpc) is 2.62. The topological polar surface area (TPSA) is 63.0 Å². The van der Waals surface area contributed by atoms with Crippen LogP contribution in [-0.4, -0.2) is 20.0 Å². The van der Waals surface area contributed by atoms with Gasteiger partial charge in [-0.05, 0) is 13.8 Å². The first-order valence-corrected chi connectivity index (χ1v) is 5.06. The van der Waals surface area contributed by atoms with E-state index in [4.69, 9.17) is 0 Å². The summed E-state index contributed by atoms with van der Waals surface area (Å²) in [5.74, 6) is 1.43. The number of aliphatic hydroxyl groups is 1. The molecule has 0 saturated carbocycles. The maximum Gasteiger partial charge on any atom is 0.164 e. The Kier molecular flexibility index (Phi) is 2.87. The van der Waals surface area contributed by atoms with Crippen LogP contribution in [0.25, 0.3) is 0 Å². The molecule has 0 saturated heterocycles. The smallest absolute Gasteiger partial charge is 0.164 e. The molecule has 0 aliphatic heterocycles.